The van der Waals surface area contributed by atoms with Crippen LogP contribution < -0.4 is 10.1 Å². The summed E-state index contributed by atoms with van der Waals surface area (Å²) in [7, 11) is -2.33. The number of anilines is 1. The van der Waals surface area contributed by atoms with E-state index in [1.807, 2.05) is 6.92 Å². The minimum Gasteiger partial charge on any atom is -0.492 e. The minimum absolute atomic E-state index is 0.0366. The predicted octanol–water partition coefficient (Wildman–Crippen LogP) is 1.32. The number of fused-ring (bicyclic) bond motifs is 1. The highest BCUT2D eigenvalue weighted by Crippen LogP contribution is 2.45. The van der Waals surface area contributed by atoms with Gasteiger partial charge in [-0.2, -0.15) is 4.31 Å². The molecule has 1 aromatic carbocycles. The largest absolute Gasteiger partial charge is 0.492 e. The van der Waals surface area contributed by atoms with Crippen molar-refractivity contribution in [3.05, 3.63) is 18.2 Å². The molecular weight excluding hydrogens is 462 g/mol. The summed E-state index contributed by atoms with van der Waals surface area (Å²) in [5.74, 6) is -2.68. The van der Waals surface area contributed by atoms with E-state index in [0.29, 0.717) is 38.4 Å². The summed E-state index contributed by atoms with van der Waals surface area (Å²) in [5.41, 5.74) is 0.223. The van der Waals surface area contributed by atoms with Crippen LogP contribution in [0.25, 0.3) is 0 Å². The first kappa shape index (κ1) is 24.6. The van der Waals surface area contributed by atoms with Crippen molar-refractivity contribution in [3.8, 4) is 5.75 Å². The number of carbonyl (C=O) groups excluding carboxylic acids is 3. The van der Waals surface area contributed by atoms with E-state index in [1.165, 1.54) is 29.6 Å². The Morgan fingerprint density at radius 1 is 1.18 bits per heavy atom. The van der Waals surface area contributed by atoms with E-state index in [9.17, 15) is 22.8 Å². The van der Waals surface area contributed by atoms with Crippen molar-refractivity contribution < 1.29 is 32.3 Å². The van der Waals surface area contributed by atoms with Crippen molar-refractivity contribution in [2.75, 3.05) is 45.3 Å². The number of rotatable bonds is 6. The van der Waals surface area contributed by atoms with Gasteiger partial charge >= 0.3 is 0 Å². The number of benzene rings is 1. The van der Waals surface area contributed by atoms with Crippen LogP contribution in [0.4, 0.5) is 5.69 Å². The van der Waals surface area contributed by atoms with E-state index < -0.39 is 33.7 Å². The summed E-state index contributed by atoms with van der Waals surface area (Å²) in [5, 5.41) is 2.82. The second kappa shape index (κ2) is 9.63. The fraction of sp³-hybridized carbons (Fsp3) is 0.609. The van der Waals surface area contributed by atoms with Crippen LogP contribution in [0.2, 0.25) is 0 Å². The van der Waals surface area contributed by atoms with Crippen LogP contribution >= 0.6 is 0 Å². The number of hydrogen-bond acceptors (Lipinski definition) is 7. The minimum atomic E-state index is -3.78. The molecule has 2 saturated heterocycles. The molecule has 0 bridgehead atoms. The van der Waals surface area contributed by atoms with Gasteiger partial charge in [0, 0.05) is 20.1 Å². The van der Waals surface area contributed by atoms with E-state index >= 15 is 0 Å². The predicted molar refractivity (Wildman–Crippen MR) is 122 cm³/mol. The SMILES string of the molecule is CCOc1ccc(S(=O)(=O)N2CCOCC2)cc1NC(=O)[C@H]1[C@H]2C(=O)N(C)C(=O)[C@@H]2CC[C@H]1C. The molecule has 10 nitrogen and oxygen atoms in total. The van der Waals surface area contributed by atoms with Gasteiger partial charge in [-0.1, -0.05) is 6.92 Å². The lowest BCUT2D eigenvalue weighted by molar-refractivity contribution is -0.140. The van der Waals surface area contributed by atoms with E-state index in [2.05, 4.69) is 5.32 Å². The lowest BCUT2D eigenvalue weighted by atomic mass is 9.67. The normalized spacial score (nSPS) is 28.0. The molecule has 0 aromatic heterocycles. The van der Waals surface area contributed by atoms with Gasteiger partial charge in [-0.3, -0.25) is 19.3 Å². The number of likely N-dealkylation sites (tertiary alicyclic amines) is 1. The molecule has 3 amide bonds. The molecule has 0 unspecified atom stereocenters. The third-order valence-electron chi connectivity index (χ3n) is 7.05. The number of sulfonamides is 1. The monoisotopic (exact) mass is 493 g/mol. The van der Waals surface area contributed by atoms with Gasteiger partial charge in [-0.15, -0.1) is 0 Å². The second-order valence-corrected chi connectivity index (χ2v) is 11.0. The highest BCUT2D eigenvalue weighted by atomic mass is 32.2. The lowest BCUT2D eigenvalue weighted by Crippen LogP contribution is -2.43. The maximum Gasteiger partial charge on any atom is 0.243 e. The number of hydrogen-bond donors (Lipinski definition) is 1. The van der Waals surface area contributed by atoms with Crippen molar-refractivity contribution in [3.63, 3.8) is 0 Å². The molecule has 4 rings (SSSR count). The molecule has 3 fully saturated rings. The summed E-state index contributed by atoms with van der Waals surface area (Å²) in [6, 6.07) is 4.38. The summed E-state index contributed by atoms with van der Waals surface area (Å²) >= 11 is 0. The summed E-state index contributed by atoms with van der Waals surface area (Å²) < 4.78 is 38.5. The van der Waals surface area contributed by atoms with E-state index in [-0.39, 0.29) is 41.4 Å². The van der Waals surface area contributed by atoms with Crippen LogP contribution in [0.5, 0.6) is 5.75 Å². The van der Waals surface area contributed by atoms with Gasteiger partial charge in [0.2, 0.25) is 27.7 Å². The first-order chi connectivity index (χ1) is 16.2. The number of nitrogens with zero attached hydrogens (tertiary/aromatic N) is 2. The van der Waals surface area contributed by atoms with Crippen molar-refractivity contribution in [2.45, 2.75) is 31.6 Å². The lowest BCUT2D eigenvalue weighted by Gasteiger charge is -2.34. The van der Waals surface area contributed by atoms with Crippen LogP contribution in [-0.4, -0.2) is 75.3 Å². The van der Waals surface area contributed by atoms with E-state index in [4.69, 9.17) is 9.47 Å². The number of amides is 3. The maximum atomic E-state index is 13.5. The fourth-order valence-corrected chi connectivity index (χ4v) is 6.65. The smallest absolute Gasteiger partial charge is 0.243 e. The molecule has 34 heavy (non-hydrogen) atoms. The molecule has 1 saturated carbocycles. The Morgan fingerprint density at radius 3 is 2.56 bits per heavy atom. The van der Waals surface area contributed by atoms with E-state index in [0.717, 1.165) is 4.90 Å². The van der Waals surface area contributed by atoms with Crippen LogP contribution in [0.3, 0.4) is 0 Å². The summed E-state index contributed by atoms with van der Waals surface area (Å²) in [6.45, 7) is 5.16. The Bertz CT molecular complexity index is 1080. The average molecular weight is 494 g/mol. The van der Waals surface area contributed by atoms with E-state index in [1.54, 1.807) is 6.92 Å². The first-order valence-electron chi connectivity index (χ1n) is 11.6. The number of nitrogens with one attached hydrogen (secondary N) is 1. The van der Waals surface area contributed by atoms with Crippen LogP contribution in [0.1, 0.15) is 26.7 Å². The van der Waals surface area contributed by atoms with Crippen LogP contribution in [0.15, 0.2) is 23.1 Å². The molecule has 1 aromatic rings. The molecular formula is C23H31N3O7S. The van der Waals surface area contributed by atoms with Crippen molar-refractivity contribution >= 4 is 33.4 Å². The maximum absolute atomic E-state index is 13.5. The zero-order valence-electron chi connectivity index (χ0n) is 19.7. The molecule has 4 atom stereocenters. The number of morpholine rings is 1. The van der Waals surface area contributed by atoms with Gasteiger partial charge in [0.05, 0.1) is 48.2 Å². The Kier molecular flexibility index (Phi) is 6.97. The zero-order valence-corrected chi connectivity index (χ0v) is 20.5. The molecule has 2 heterocycles. The molecule has 1 N–H and O–H groups in total. The molecule has 3 aliphatic rings. The van der Waals surface area contributed by atoms with Crippen molar-refractivity contribution in [1.82, 2.24) is 9.21 Å². The molecule has 186 valence electrons. The number of ether oxygens (including phenoxy) is 2. The Morgan fingerprint density at radius 2 is 1.88 bits per heavy atom. The van der Waals surface area contributed by atoms with Crippen molar-refractivity contribution in [1.29, 1.82) is 0 Å². The molecule has 1 aliphatic carbocycles. The topological polar surface area (TPSA) is 122 Å². The molecule has 0 radical (unpaired) electrons. The first-order valence-corrected chi connectivity index (χ1v) is 13.1. The second-order valence-electron chi connectivity index (χ2n) is 9.04. The van der Waals surface area contributed by atoms with Gasteiger partial charge in [0.25, 0.3) is 0 Å². The molecule has 11 heteroatoms. The fourth-order valence-electron chi connectivity index (χ4n) is 5.21. The highest BCUT2D eigenvalue weighted by Gasteiger charge is 2.55. The third-order valence-corrected chi connectivity index (χ3v) is 8.94. The quantitative estimate of drug-likeness (QED) is 0.593. The Labute approximate surface area is 199 Å². The van der Waals surface area contributed by atoms with Crippen LogP contribution in [0, 0.1) is 23.7 Å². The molecule has 0 spiro atoms. The average Bonchev–Trinajstić information content (AvgIpc) is 3.04. The van der Waals surface area contributed by atoms with Gasteiger partial charge in [-0.25, -0.2) is 8.42 Å². The number of imide groups is 1. The van der Waals surface area contributed by atoms with Crippen molar-refractivity contribution in [2.24, 2.45) is 23.7 Å². The third kappa shape index (κ3) is 4.32. The Balaban J connectivity index is 1.64. The zero-order chi connectivity index (χ0) is 24.6. The van der Waals surface area contributed by atoms with Gasteiger partial charge in [0.1, 0.15) is 5.75 Å². The summed E-state index contributed by atoms with van der Waals surface area (Å²) in [6.07, 6.45) is 1.22. The Hall–Kier alpha value is -2.50. The van der Waals surface area contributed by atoms with Gasteiger partial charge in [0.15, 0.2) is 0 Å². The molecule has 2 aliphatic heterocycles. The van der Waals surface area contributed by atoms with Gasteiger partial charge < -0.3 is 14.8 Å². The number of carbonyl (C=O) groups is 3. The standard InChI is InChI=1S/C23H31N3O7S/c1-4-33-18-8-6-15(34(30,31)26-9-11-32-12-10-26)13-17(18)24-21(27)19-14(2)5-7-16-20(19)23(29)25(3)22(16)28/h6,8,13-14,16,19-20H,4-5,7,9-12H2,1-3H3,(H,24,27)/t14-,16-,19-,20+/m1/s1. The summed E-state index contributed by atoms with van der Waals surface area (Å²) in [4.78, 5) is 39.9. The highest BCUT2D eigenvalue weighted by molar-refractivity contribution is 7.89. The van der Waals surface area contributed by atoms with Crippen LogP contribution in [-0.2, 0) is 29.1 Å². The van der Waals surface area contributed by atoms with Gasteiger partial charge in [-0.05, 0) is 43.9 Å².